The van der Waals surface area contributed by atoms with E-state index in [1.165, 1.54) is 64.9 Å². The first-order valence-electron chi connectivity index (χ1n) is 12.0. The van der Waals surface area contributed by atoms with Gasteiger partial charge in [-0.3, -0.25) is 4.79 Å². The number of hydrogen-bond acceptors (Lipinski definition) is 4. The van der Waals surface area contributed by atoms with Crippen molar-refractivity contribution in [1.82, 2.24) is 0 Å². The van der Waals surface area contributed by atoms with E-state index >= 15 is 0 Å². The van der Waals surface area contributed by atoms with Gasteiger partial charge in [-0.25, -0.2) is 0 Å². The highest BCUT2D eigenvalue weighted by atomic mass is 16.7. The van der Waals surface area contributed by atoms with Gasteiger partial charge in [0.2, 0.25) is 0 Å². The molecule has 1 rings (SSSR count). The van der Waals surface area contributed by atoms with Crippen LogP contribution < -0.4 is 0 Å². The van der Waals surface area contributed by atoms with Gasteiger partial charge in [-0.15, -0.1) is 0 Å². The van der Waals surface area contributed by atoms with Gasteiger partial charge in [-0.2, -0.15) is 0 Å². The second-order valence-corrected chi connectivity index (χ2v) is 10.4. The van der Waals surface area contributed by atoms with Crippen LogP contribution in [0.1, 0.15) is 118 Å². The summed E-state index contributed by atoms with van der Waals surface area (Å²) in [6.07, 6.45) is 17.1. The van der Waals surface area contributed by atoms with Crippen LogP contribution in [0.5, 0.6) is 0 Å². The predicted molar refractivity (Wildman–Crippen MR) is 120 cm³/mol. The number of esters is 1. The van der Waals surface area contributed by atoms with E-state index in [2.05, 4.69) is 20.8 Å². The van der Waals surface area contributed by atoms with Crippen LogP contribution in [0.3, 0.4) is 0 Å². The molecule has 29 heavy (non-hydrogen) atoms. The fourth-order valence-corrected chi connectivity index (χ4v) is 4.15. The third-order valence-electron chi connectivity index (χ3n) is 6.32. The van der Waals surface area contributed by atoms with E-state index < -0.39 is 0 Å². The van der Waals surface area contributed by atoms with E-state index in [0.29, 0.717) is 12.2 Å². The van der Waals surface area contributed by atoms with Crippen molar-refractivity contribution < 1.29 is 19.0 Å². The Kier molecular flexibility index (Phi) is 13.1. The summed E-state index contributed by atoms with van der Waals surface area (Å²) in [5, 5.41) is 0. The Balaban J connectivity index is 1.84. The second-order valence-electron chi connectivity index (χ2n) is 10.4. The van der Waals surface area contributed by atoms with Gasteiger partial charge in [0.1, 0.15) is 6.79 Å². The lowest BCUT2D eigenvalue weighted by atomic mass is 9.75. The molecule has 172 valence electrons. The fourth-order valence-electron chi connectivity index (χ4n) is 4.15. The van der Waals surface area contributed by atoms with E-state index in [9.17, 15) is 4.79 Å². The second kappa shape index (κ2) is 14.4. The van der Waals surface area contributed by atoms with Crippen LogP contribution in [0, 0.1) is 10.8 Å². The van der Waals surface area contributed by atoms with Crippen molar-refractivity contribution in [3.8, 4) is 0 Å². The Morgan fingerprint density at radius 1 is 0.897 bits per heavy atom. The quantitative estimate of drug-likeness (QED) is 0.164. The van der Waals surface area contributed by atoms with Crippen molar-refractivity contribution in [2.75, 3.05) is 20.5 Å². The van der Waals surface area contributed by atoms with E-state index in [1.54, 1.807) is 0 Å². The van der Waals surface area contributed by atoms with Crippen LogP contribution >= 0.6 is 0 Å². The van der Waals surface area contributed by atoms with Gasteiger partial charge < -0.3 is 14.2 Å². The van der Waals surface area contributed by atoms with E-state index in [4.69, 9.17) is 14.2 Å². The molecule has 1 aliphatic rings. The molecule has 1 fully saturated rings. The summed E-state index contributed by atoms with van der Waals surface area (Å²) in [5.41, 5.74) is 0.164. The first-order valence-corrected chi connectivity index (χ1v) is 12.0. The molecular weight excluding hydrogens is 364 g/mol. The van der Waals surface area contributed by atoms with E-state index in [0.717, 1.165) is 38.7 Å². The molecule has 0 aromatic heterocycles. The number of carbonyl (C=O) groups is 1. The largest absolute Gasteiger partial charge is 0.469 e. The molecule has 0 aromatic carbocycles. The zero-order valence-electron chi connectivity index (χ0n) is 20.0. The number of hydrogen-bond donors (Lipinski definition) is 0. The minimum atomic E-state index is -0.331. The molecule has 1 aliphatic carbocycles. The van der Waals surface area contributed by atoms with Crippen molar-refractivity contribution in [3.05, 3.63) is 0 Å². The molecule has 0 spiro atoms. The zero-order valence-corrected chi connectivity index (χ0v) is 20.0. The van der Waals surface area contributed by atoms with Crippen LogP contribution in [0.25, 0.3) is 0 Å². The summed E-state index contributed by atoms with van der Waals surface area (Å²) in [6.45, 7) is 10.2. The maximum Gasteiger partial charge on any atom is 0.311 e. The molecule has 4 heteroatoms. The zero-order chi connectivity index (χ0) is 21.6. The Morgan fingerprint density at radius 2 is 1.41 bits per heavy atom. The summed E-state index contributed by atoms with van der Waals surface area (Å²) in [5.74, 6) is -0.0901. The van der Waals surface area contributed by atoms with Gasteiger partial charge in [0, 0.05) is 6.61 Å². The molecule has 0 saturated heterocycles. The molecule has 4 nitrogen and oxygen atoms in total. The van der Waals surface area contributed by atoms with E-state index in [1.807, 2.05) is 6.92 Å². The van der Waals surface area contributed by atoms with Crippen molar-refractivity contribution >= 4 is 5.97 Å². The van der Waals surface area contributed by atoms with Crippen molar-refractivity contribution in [2.45, 2.75) is 124 Å². The summed E-state index contributed by atoms with van der Waals surface area (Å²) in [4.78, 5) is 11.8. The molecule has 0 heterocycles. The lowest BCUT2D eigenvalue weighted by molar-refractivity contribution is -0.157. The smallest absolute Gasteiger partial charge is 0.311 e. The highest BCUT2D eigenvalue weighted by molar-refractivity contribution is 5.76. The highest BCUT2D eigenvalue weighted by Gasteiger charge is 2.38. The van der Waals surface area contributed by atoms with Gasteiger partial charge in [0.25, 0.3) is 0 Å². The Morgan fingerprint density at radius 3 is 1.93 bits per heavy atom. The predicted octanol–water partition coefficient (Wildman–Crippen LogP) is 7.05. The molecule has 0 radical (unpaired) electrons. The molecule has 0 N–H and O–H groups in total. The average Bonchev–Trinajstić information content (AvgIpc) is 2.68. The molecule has 0 amide bonds. The van der Waals surface area contributed by atoms with Crippen molar-refractivity contribution in [1.29, 1.82) is 0 Å². The summed E-state index contributed by atoms with van der Waals surface area (Å²) < 4.78 is 16.4. The Bertz CT molecular complexity index is 419. The lowest BCUT2D eigenvalue weighted by Crippen LogP contribution is -2.36. The van der Waals surface area contributed by atoms with Gasteiger partial charge in [0.05, 0.1) is 18.6 Å². The number of carbonyl (C=O) groups excluding carboxylic acids is 1. The normalized spacial score (nSPS) is 22.6. The number of unbranched alkanes of at least 4 members (excludes halogenated alkanes) is 8. The number of rotatable bonds is 15. The maximum absolute atomic E-state index is 11.8. The van der Waals surface area contributed by atoms with Crippen molar-refractivity contribution in [3.63, 3.8) is 0 Å². The molecule has 0 unspecified atom stereocenters. The van der Waals surface area contributed by atoms with Gasteiger partial charge >= 0.3 is 5.97 Å². The summed E-state index contributed by atoms with van der Waals surface area (Å²) in [6, 6.07) is 0. The van der Waals surface area contributed by atoms with E-state index in [-0.39, 0.29) is 17.5 Å². The molecule has 0 atom stereocenters. The monoisotopic (exact) mass is 412 g/mol. The minimum absolute atomic E-state index is 0.0901. The standard InChI is InChI=1S/C25H48O4/c1-24(2,3)17-13-11-9-7-6-8-10-12-14-20-28-21-29-22-15-18-25(4,19-16-22)23(26)27-5/h22H,6-21H2,1-5H3. The molecule has 0 aliphatic heterocycles. The van der Waals surface area contributed by atoms with Crippen LogP contribution in [-0.2, 0) is 19.0 Å². The van der Waals surface area contributed by atoms with Crippen molar-refractivity contribution in [2.24, 2.45) is 10.8 Å². The third-order valence-corrected chi connectivity index (χ3v) is 6.32. The highest BCUT2D eigenvalue weighted by Crippen LogP contribution is 2.37. The third kappa shape index (κ3) is 12.6. The van der Waals surface area contributed by atoms with Gasteiger partial charge in [-0.1, -0.05) is 72.1 Å². The molecule has 1 saturated carbocycles. The Labute approximate surface area is 180 Å². The average molecular weight is 413 g/mol. The minimum Gasteiger partial charge on any atom is -0.469 e. The lowest BCUT2D eigenvalue weighted by Gasteiger charge is -2.34. The summed E-state index contributed by atoms with van der Waals surface area (Å²) >= 11 is 0. The van der Waals surface area contributed by atoms with Gasteiger partial charge in [-0.05, 0) is 50.9 Å². The number of methoxy groups -OCH3 is 1. The van der Waals surface area contributed by atoms with Crippen LogP contribution in [0.4, 0.5) is 0 Å². The maximum atomic E-state index is 11.8. The van der Waals surface area contributed by atoms with Gasteiger partial charge in [0.15, 0.2) is 0 Å². The summed E-state index contributed by atoms with van der Waals surface area (Å²) in [7, 11) is 1.47. The SMILES string of the molecule is COC(=O)C1(C)CCC(OCOCCCCCCCCCCCC(C)(C)C)CC1. The first kappa shape index (κ1) is 26.4. The fraction of sp³-hybridized carbons (Fsp3) is 0.960. The van der Waals surface area contributed by atoms with Crippen LogP contribution in [0.2, 0.25) is 0 Å². The Hall–Kier alpha value is -0.610. The topological polar surface area (TPSA) is 44.8 Å². The molecule has 0 aromatic rings. The molecular formula is C25H48O4. The first-order chi connectivity index (χ1) is 13.8. The van der Waals surface area contributed by atoms with Crippen LogP contribution in [0.15, 0.2) is 0 Å². The molecule has 0 bridgehead atoms. The number of ether oxygens (including phenoxy) is 3. The van der Waals surface area contributed by atoms with Crippen LogP contribution in [-0.4, -0.2) is 32.6 Å².